The van der Waals surface area contributed by atoms with Crippen molar-refractivity contribution in [1.29, 1.82) is 5.26 Å². The van der Waals surface area contributed by atoms with E-state index in [9.17, 15) is 5.11 Å². The number of nitrogens with zero attached hydrogens (tertiary/aromatic N) is 1. The summed E-state index contributed by atoms with van der Waals surface area (Å²) in [6.07, 6.45) is 2.48. The molecule has 2 heteroatoms. The quantitative estimate of drug-likeness (QED) is 0.791. The van der Waals surface area contributed by atoms with Gasteiger partial charge in [0.2, 0.25) is 0 Å². The molecule has 0 amide bonds. The second kappa shape index (κ2) is 5.29. The molecule has 1 N–H and O–H groups in total. The third kappa shape index (κ3) is 2.77. The Balaban J connectivity index is 2.54. The highest BCUT2D eigenvalue weighted by molar-refractivity contribution is 5.31. The maximum Gasteiger partial charge on any atom is 0.118 e. The Hall–Kier alpha value is -1.49. The maximum atomic E-state index is 9.49. The van der Waals surface area contributed by atoms with Gasteiger partial charge in [-0.2, -0.15) is 5.26 Å². The largest absolute Gasteiger partial charge is 0.508 e. The van der Waals surface area contributed by atoms with E-state index >= 15 is 0 Å². The van der Waals surface area contributed by atoms with Crippen molar-refractivity contribution in [1.82, 2.24) is 0 Å². The molecule has 1 aromatic carbocycles. The Morgan fingerprint density at radius 1 is 1.43 bits per heavy atom. The van der Waals surface area contributed by atoms with Crippen LogP contribution >= 0.6 is 0 Å². The van der Waals surface area contributed by atoms with Gasteiger partial charge in [-0.3, -0.25) is 0 Å². The molecular weight excluding hydrogens is 174 g/mol. The van der Waals surface area contributed by atoms with Crippen LogP contribution in [0.3, 0.4) is 0 Å². The Labute approximate surface area is 84.8 Å². The van der Waals surface area contributed by atoms with Gasteiger partial charge >= 0.3 is 0 Å². The molecule has 0 aliphatic carbocycles. The molecule has 0 bridgehead atoms. The van der Waals surface area contributed by atoms with Gasteiger partial charge in [-0.15, -0.1) is 0 Å². The van der Waals surface area contributed by atoms with Gasteiger partial charge in [-0.1, -0.05) is 25.1 Å². The fourth-order valence-corrected chi connectivity index (χ4v) is 1.41. The third-order valence-corrected chi connectivity index (χ3v) is 2.43. The summed E-state index contributed by atoms with van der Waals surface area (Å²) in [6, 6.07) is 9.56. The number of phenols is 1. The van der Waals surface area contributed by atoms with Crippen LogP contribution in [0.15, 0.2) is 24.3 Å². The third-order valence-electron chi connectivity index (χ3n) is 2.43. The zero-order valence-electron chi connectivity index (χ0n) is 8.40. The molecular formula is C12H15NO. The molecule has 2 nitrogen and oxygen atoms in total. The lowest BCUT2D eigenvalue weighted by molar-refractivity contribution is 0.463. The lowest BCUT2D eigenvalue weighted by Gasteiger charge is -2.06. The SMILES string of the molecule is CCC(C#N)CCc1ccccc1O. The molecule has 1 rings (SSSR count). The molecule has 0 aliphatic heterocycles. The van der Waals surface area contributed by atoms with E-state index < -0.39 is 0 Å². The van der Waals surface area contributed by atoms with Gasteiger partial charge in [0.1, 0.15) is 5.75 Å². The highest BCUT2D eigenvalue weighted by Crippen LogP contribution is 2.20. The number of aromatic hydroxyl groups is 1. The highest BCUT2D eigenvalue weighted by atomic mass is 16.3. The van der Waals surface area contributed by atoms with Crippen LogP contribution in [0.2, 0.25) is 0 Å². The Bertz CT molecular complexity index is 327. The van der Waals surface area contributed by atoms with Crippen molar-refractivity contribution >= 4 is 0 Å². The molecule has 74 valence electrons. The summed E-state index contributed by atoms with van der Waals surface area (Å²) in [6.45, 7) is 2.01. The summed E-state index contributed by atoms with van der Waals surface area (Å²) in [4.78, 5) is 0. The number of para-hydroxylation sites is 1. The summed E-state index contributed by atoms with van der Waals surface area (Å²) < 4.78 is 0. The van der Waals surface area contributed by atoms with Crippen molar-refractivity contribution < 1.29 is 5.11 Å². The fourth-order valence-electron chi connectivity index (χ4n) is 1.41. The van der Waals surface area contributed by atoms with Crippen LogP contribution in [0.25, 0.3) is 0 Å². The molecule has 0 saturated carbocycles. The number of hydrogen-bond donors (Lipinski definition) is 1. The Kier molecular flexibility index (Phi) is 4.00. The number of benzene rings is 1. The minimum absolute atomic E-state index is 0.106. The number of phenolic OH excluding ortho intramolecular Hbond substituents is 1. The number of hydrogen-bond acceptors (Lipinski definition) is 2. The Morgan fingerprint density at radius 2 is 2.14 bits per heavy atom. The first-order chi connectivity index (χ1) is 6.77. The van der Waals surface area contributed by atoms with Gasteiger partial charge in [0.15, 0.2) is 0 Å². The molecule has 0 spiro atoms. The second-order valence-corrected chi connectivity index (χ2v) is 3.40. The first kappa shape index (κ1) is 10.6. The van der Waals surface area contributed by atoms with Crippen molar-refractivity contribution in [3.63, 3.8) is 0 Å². The van der Waals surface area contributed by atoms with E-state index in [1.807, 2.05) is 19.1 Å². The van der Waals surface area contributed by atoms with Crippen molar-refractivity contribution in [3.05, 3.63) is 29.8 Å². The van der Waals surface area contributed by atoms with Crippen LogP contribution in [0, 0.1) is 17.2 Å². The zero-order valence-corrected chi connectivity index (χ0v) is 8.40. The topological polar surface area (TPSA) is 44.0 Å². The summed E-state index contributed by atoms with van der Waals surface area (Å²) >= 11 is 0. The summed E-state index contributed by atoms with van der Waals surface area (Å²) in [5.74, 6) is 0.440. The van der Waals surface area contributed by atoms with Gasteiger partial charge in [-0.05, 0) is 30.9 Å². The average Bonchev–Trinajstić information content (AvgIpc) is 2.22. The van der Waals surface area contributed by atoms with Crippen molar-refractivity contribution in [2.75, 3.05) is 0 Å². The molecule has 0 aromatic heterocycles. The van der Waals surface area contributed by atoms with E-state index in [0.29, 0.717) is 5.75 Å². The van der Waals surface area contributed by atoms with Crippen LogP contribution in [-0.4, -0.2) is 5.11 Å². The maximum absolute atomic E-state index is 9.49. The fraction of sp³-hybridized carbons (Fsp3) is 0.417. The smallest absolute Gasteiger partial charge is 0.118 e. The van der Waals surface area contributed by atoms with E-state index in [0.717, 1.165) is 24.8 Å². The predicted octanol–water partition coefficient (Wildman–Crippen LogP) is 2.87. The van der Waals surface area contributed by atoms with Crippen LogP contribution in [0.4, 0.5) is 0 Å². The first-order valence-electron chi connectivity index (χ1n) is 4.94. The van der Waals surface area contributed by atoms with Gasteiger partial charge in [0, 0.05) is 5.92 Å². The summed E-state index contributed by atoms with van der Waals surface area (Å²) in [5.41, 5.74) is 0.932. The molecule has 0 saturated heterocycles. The standard InChI is InChI=1S/C12H15NO/c1-2-10(9-13)7-8-11-5-3-4-6-12(11)14/h3-6,10,14H,2,7-8H2,1H3. The van der Waals surface area contributed by atoms with E-state index in [1.54, 1.807) is 12.1 Å². The van der Waals surface area contributed by atoms with Crippen molar-refractivity contribution in [3.8, 4) is 11.8 Å². The number of nitriles is 1. The van der Waals surface area contributed by atoms with Crippen molar-refractivity contribution in [2.45, 2.75) is 26.2 Å². The van der Waals surface area contributed by atoms with E-state index in [2.05, 4.69) is 6.07 Å². The van der Waals surface area contributed by atoms with Gasteiger partial charge in [0.25, 0.3) is 0 Å². The monoisotopic (exact) mass is 189 g/mol. The highest BCUT2D eigenvalue weighted by Gasteiger charge is 2.06. The van der Waals surface area contributed by atoms with Gasteiger partial charge < -0.3 is 5.11 Å². The molecule has 0 aliphatic rings. The molecule has 0 fully saturated rings. The van der Waals surface area contributed by atoms with Crippen molar-refractivity contribution in [2.24, 2.45) is 5.92 Å². The average molecular weight is 189 g/mol. The molecule has 1 aromatic rings. The Morgan fingerprint density at radius 3 is 2.71 bits per heavy atom. The zero-order chi connectivity index (χ0) is 10.4. The molecule has 0 radical (unpaired) electrons. The second-order valence-electron chi connectivity index (χ2n) is 3.40. The summed E-state index contributed by atoms with van der Waals surface area (Å²) in [5, 5.41) is 18.2. The minimum atomic E-state index is 0.106. The van der Waals surface area contributed by atoms with Crippen LogP contribution in [0.5, 0.6) is 5.75 Å². The molecule has 1 atom stereocenters. The van der Waals surface area contributed by atoms with Gasteiger partial charge in [-0.25, -0.2) is 0 Å². The van der Waals surface area contributed by atoms with E-state index in [4.69, 9.17) is 5.26 Å². The van der Waals surface area contributed by atoms with Crippen LogP contribution < -0.4 is 0 Å². The molecule has 1 unspecified atom stereocenters. The van der Waals surface area contributed by atoms with E-state index in [-0.39, 0.29) is 5.92 Å². The number of rotatable bonds is 4. The number of aryl methyl sites for hydroxylation is 1. The molecule has 0 heterocycles. The first-order valence-corrected chi connectivity index (χ1v) is 4.94. The lowest BCUT2D eigenvalue weighted by Crippen LogP contribution is -1.97. The van der Waals surface area contributed by atoms with Crippen LogP contribution in [-0.2, 0) is 6.42 Å². The minimum Gasteiger partial charge on any atom is -0.508 e. The van der Waals surface area contributed by atoms with E-state index in [1.165, 1.54) is 0 Å². The lowest BCUT2D eigenvalue weighted by atomic mass is 9.98. The molecule has 14 heavy (non-hydrogen) atoms. The van der Waals surface area contributed by atoms with Gasteiger partial charge in [0.05, 0.1) is 6.07 Å². The predicted molar refractivity (Wildman–Crippen MR) is 55.8 cm³/mol. The normalized spacial score (nSPS) is 12.0. The summed E-state index contributed by atoms with van der Waals surface area (Å²) in [7, 11) is 0. The van der Waals surface area contributed by atoms with Crippen LogP contribution in [0.1, 0.15) is 25.3 Å².